The molecule has 0 saturated heterocycles. The van der Waals surface area contributed by atoms with E-state index in [1.165, 1.54) is 11.3 Å². The third kappa shape index (κ3) is 3.37. The molecule has 5 heteroatoms. The minimum absolute atomic E-state index is 0.0963. The molecule has 0 bridgehead atoms. The molecule has 2 rings (SSSR count). The number of benzene rings is 1. The third-order valence-electron chi connectivity index (χ3n) is 2.50. The normalized spacial score (nSPS) is 10.1. The van der Waals surface area contributed by atoms with E-state index in [2.05, 4.69) is 5.32 Å². The molecule has 1 heterocycles. The van der Waals surface area contributed by atoms with E-state index in [9.17, 15) is 4.79 Å². The summed E-state index contributed by atoms with van der Waals surface area (Å²) in [6.07, 6.45) is 0.0963. The standard InChI is InChI=1S/C15H14N2O2S/c1-10(2)19-13-5-3-11(4-6-13)14(18)17-15-12(9-16)7-8-20-15/h3-8,10H,1-2H3,(H,17,18). The Morgan fingerprint density at radius 2 is 2.00 bits per heavy atom. The number of nitrogens with zero attached hydrogens (tertiary/aromatic N) is 1. The lowest BCUT2D eigenvalue weighted by Crippen LogP contribution is -2.12. The van der Waals surface area contributed by atoms with Gasteiger partial charge in [0.05, 0.1) is 11.7 Å². The van der Waals surface area contributed by atoms with Crippen molar-refractivity contribution < 1.29 is 9.53 Å². The highest BCUT2D eigenvalue weighted by Gasteiger charge is 2.10. The number of thiophene rings is 1. The van der Waals surface area contributed by atoms with Crippen molar-refractivity contribution in [2.75, 3.05) is 5.32 Å². The molecule has 4 nitrogen and oxygen atoms in total. The Hall–Kier alpha value is -2.32. The second-order valence-electron chi connectivity index (χ2n) is 4.42. The zero-order valence-electron chi connectivity index (χ0n) is 11.2. The largest absolute Gasteiger partial charge is 0.491 e. The van der Waals surface area contributed by atoms with Crippen LogP contribution in [0.4, 0.5) is 5.00 Å². The van der Waals surface area contributed by atoms with Gasteiger partial charge in [-0.15, -0.1) is 11.3 Å². The molecule has 20 heavy (non-hydrogen) atoms. The zero-order chi connectivity index (χ0) is 14.5. The van der Waals surface area contributed by atoms with E-state index in [0.717, 1.165) is 5.75 Å². The first-order valence-corrected chi connectivity index (χ1v) is 7.04. The van der Waals surface area contributed by atoms with Crippen LogP contribution in [0.5, 0.6) is 5.75 Å². The first kappa shape index (κ1) is 14.1. The summed E-state index contributed by atoms with van der Waals surface area (Å²) < 4.78 is 5.52. The van der Waals surface area contributed by atoms with Crippen LogP contribution >= 0.6 is 11.3 Å². The molecular formula is C15H14N2O2S. The van der Waals surface area contributed by atoms with Crippen LogP contribution in [-0.2, 0) is 0 Å². The van der Waals surface area contributed by atoms with Crippen LogP contribution in [0.3, 0.4) is 0 Å². The molecule has 0 aliphatic carbocycles. The number of rotatable bonds is 4. The van der Waals surface area contributed by atoms with E-state index >= 15 is 0 Å². The maximum absolute atomic E-state index is 12.1. The second kappa shape index (κ2) is 6.22. The number of ether oxygens (including phenoxy) is 1. The van der Waals surface area contributed by atoms with E-state index in [1.807, 2.05) is 19.9 Å². The second-order valence-corrected chi connectivity index (χ2v) is 5.34. The summed E-state index contributed by atoms with van der Waals surface area (Å²) in [7, 11) is 0. The molecule has 1 amide bonds. The van der Waals surface area contributed by atoms with Crippen molar-refractivity contribution in [1.82, 2.24) is 0 Å². The maximum atomic E-state index is 12.1. The Bertz CT molecular complexity index is 639. The van der Waals surface area contributed by atoms with Gasteiger partial charge in [-0.3, -0.25) is 4.79 Å². The quantitative estimate of drug-likeness (QED) is 0.933. The van der Waals surface area contributed by atoms with Gasteiger partial charge in [-0.1, -0.05) is 0 Å². The van der Waals surface area contributed by atoms with Gasteiger partial charge in [-0.25, -0.2) is 0 Å². The molecule has 0 saturated carbocycles. The summed E-state index contributed by atoms with van der Waals surface area (Å²) in [6, 6.07) is 10.6. The van der Waals surface area contributed by atoms with Gasteiger partial charge >= 0.3 is 0 Å². The smallest absolute Gasteiger partial charge is 0.256 e. The number of hydrogen-bond donors (Lipinski definition) is 1. The minimum atomic E-state index is -0.236. The van der Waals surface area contributed by atoms with Gasteiger partial charge < -0.3 is 10.1 Å². The van der Waals surface area contributed by atoms with Gasteiger partial charge in [0.1, 0.15) is 16.8 Å². The molecule has 0 atom stereocenters. The van der Waals surface area contributed by atoms with Gasteiger partial charge in [-0.2, -0.15) is 5.26 Å². The molecule has 2 aromatic rings. The van der Waals surface area contributed by atoms with Crippen molar-refractivity contribution in [3.8, 4) is 11.8 Å². The van der Waals surface area contributed by atoms with Crippen molar-refractivity contribution in [3.63, 3.8) is 0 Å². The van der Waals surface area contributed by atoms with Gasteiger partial charge in [0, 0.05) is 5.56 Å². The van der Waals surface area contributed by atoms with Crippen molar-refractivity contribution in [1.29, 1.82) is 5.26 Å². The van der Waals surface area contributed by atoms with Crippen LogP contribution in [0.1, 0.15) is 29.8 Å². The number of hydrogen-bond acceptors (Lipinski definition) is 4. The molecule has 1 N–H and O–H groups in total. The SMILES string of the molecule is CC(C)Oc1ccc(C(=O)Nc2sccc2C#N)cc1. The average Bonchev–Trinajstić information content (AvgIpc) is 2.86. The van der Waals surface area contributed by atoms with Gasteiger partial charge in [0.15, 0.2) is 0 Å². The number of carbonyl (C=O) groups is 1. The Kier molecular flexibility index (Phi) is 4.38. The van der Waals surface area contributed by atoms with Crippen molar-refractivity contribution in [3.05, 3.63) is 46.8 Å². The molecular weight excluding hydrogens is 272 g/mol. The van der Waals surface area contributed by atoms with E-state index in [4.69, 9.17) is 10.00 Å². The fourth-order valence-electron chi connectivity index (χ4n) is 1.63. The van der Waals surface area contributed by atoms with E-state index in [0.29, 0.717) is 16.1 Å². The number of amides is 1. The van der Waals surface area contributed by atoms with E-state index < -0.39 is 0 Å². The highest BCUT2D eigenvalue weighted by molar-refractivity contribution is 7.14. The Morgan fingerprint density at radius 3 is 2.60 bits per heavy atom. The molecule has 102 valence electrons. The summed E-state index contributed by atoms with van der Waals surface area (Å²) in [5.74, 6) is 0.491. The summed E-state index contributed by atoms with van der Waals surface area (Å²) in [5, 5.41) is 14.0. The summed E-state index contributed by atoms with van der Waals surface area (Å²) in [6.45, 7) is 3.89. The minimum Gasteiger partial charge on any atom is -0.491 e. The predicted molar refractivity (Wildman–Crippen MR) is 79.2 cm³/mol. The fraction of sp³-hybridized carbons (Fsp3) is 0.200. The van der Waals surface area contributed by atoms with Crippen LogP contribution in [0, 0.1) is 11.3 Å². The Morgan fingerprint density at radius 1 is 1.30 bits per heavy atom. The average molecular weight is 286 g/mol. The van der Waals surface area contributed by atoms with Crippen LogP contribution in [0.2, 0.25) is 0 Å². The summed E-state index contributed by atoms with van der Waals surface area (Å²) >= 11 is 1.33. The number of carbonyl (C=O) groups excluding carboxylic acids is 1. The first-order chi connectivity index (χ1) is 9.60. The highest BCUT2D eigenvalue weighted by atomic mass is 32.1. The molecule has 0 aliphatic heterocycles. The molecule has 0 aliphatic rings. The molecule has 0 unspecified atom stereocenters. The maximum Gasteiger partial charge on any atom is 0.256 e. The zero-order valence-corrected chi connectivity index (χ0v) is 12.0. The Labute approximate surface area is 121 Å². The highest BCUT2D eigenvalue weighted by Crippen LogP contribution is 2.23. The molecule has 0 spiro atoms. The lowest BCUT2D eigenvalue weighted by Gasteiger charge is -2.10. The lowest BCUT2D eigenvalue weighted by molar-refractivity contribution is 0.102. The number of nitrogens with one attached hydrogen (secondary N) is 1. The predicted octanol–water partition coefficient (Wildman–Crippen LogP) is 3.66. The van der Waals surface area contributed by atoms with Crippen LogP contribution < -0.4 is 10.1 Å². The molecule has 0 radical (unpaired) electrons. The van der Waals surface area contributed by atoms with Gasteiger partial charge in [-0.05, 0) is 49.6 Å². The summed E-state index contributed by atoms with van der Waals surface area (Å²) in [5.41, 5.74) is 1.00. The van der Waals surface area contributed by atoms with Crippen molar-refractivity contribution in [2.45, 2.75) is 20.0 Å². The van der Waals surface area contributed by atoms with Crippen molar-refractivity contribution >= 4 is 22.2 Å². The lowest BCUT2D eigenvalue weighted by atomic mass is 10.2. The van der Waals surface area contributed by atoms with Gasteiger partial charge in [0.2, 0.25) is 0 Å². The topological polar surface area (TPSA) is 62.1 Å². The Balaban J connectivity index is 2.08. The molecule has 1 aromatic heterocycles. The number of anilines is 1. The van der Waals surface area contributed by atoms with Gasteiger partial charge in [0.25, 0.3) is 5.91 Å². The van der Waals surface area contributed by atoms with Crippen LogP contribution in [-0.4, -0.2) is 12.0 Å². The molecule has 1 aromatic carbocycles. The van der Waals surface area contributed by atoms with E-state index in [1.54, 1.807) is 35.7 Å². The fourth-order valence-corrected chi connectivity index (χ4v) is 2.36. The van der Waals surface area contributed by atoms with E-state index in [-0.39, 0.29) is 12.0 Å². The summed E-state index contributed by atoms with van der Waals surface area (Å²) in [4.78, 5) is 12.1. The first-order valence-electron chi connectivity index (χ1n) is 6.16. The van der Waals surface area contributed by atoms with Crippen LogP contribution in [0.25, 0.3) is 0 Å². The van der Waals surface area contributed by atoms with Crippen LogP contribution in [0.15, 0.2) is 35.7 Å². The number of nitriles is 1. The monoisotopic (exact) mass is 286 g/mol. The molecule has 0 fully saturated rings. The third-order valence-corrected chi connectivity index (χ3v) is 3.33. The van der Waals surface area contributed by atoms with Crippen molar-refractivity contribution in [2.24, 2.45) is 0 Å².